The van der Waals surface area contributed by atoms with Gasteiger partial charge in [0.15, 0.2) is 12.4 Å². The summed E-state index contributed by atoms with van der Waals surface area (Å²) in [5, 5.41) is 40.1. The van der Waals surface area contributed by atoms with E-state index in [1.807, 2.05) is 0 Å². The lowest BCUT2D eigenvalue weighted by atomic mass is 10.4. The molecule has 8 heteroatoms. The maximum absolute atomic E-state index is 8.15. The lowest BCUT2D eigenvalue weighted by Crippen LogP contribution is -2.37. The molecule has 0 aliphatic rings. The van der Waals surface area contributed by atoms with Gasteiger partial charge in [-0.2, -0.15) is 10.5 Å². The molecule has 15 heavy (non-hydrogen) atoms. The van der Waals surface area contributed by atoms with Crippen molar-refractivity contribution in [2.24, 2.45) is 0 Å². The fraction of sp³-hybridized carbons (Fsp3) is 0.429. The topological polar surface area (TPSA) is 143 Å². The lowest BCUT2D eigenvalue weighted by molar-refractivity contribution is 0.724. The van der Waals surface area contributed by atoms with Crippen molar-refractivity contribution in [1.82, 2.24) is 21.3 Å². The standard InChI is InChI=1S/C7H12N8/c8-4-14-6(10)12-2-1-3-13-7(11)15-5-9/h1-3H2,(H3,10,12,14)(H3,11,13,15). The fourth-order valence-corrected chi connectivity index (χ4v) is 0.715. The highest BCUT2D eigenvalue weighted by Crippen LogP contribution is 1.72. The minimum atomic E-state index is -0.0530. The molecule has 80 valence electrons. The first kappa shape index (κ1) is 12.5. The zero-order chi connectivity index (χ0) is 11.5. The highest BCUT2D eigenvalue weighted by molar-refractivity contribution is 5.78. The molecule has 8 nitrogen and oxygen atoms in total. The molecule has 0 rings (SSSR count). The molecule has 0 aliphatic carbocycles. The average Bonchev–Trinajstić information content (AvgIpc) is 2.18. The van der Waals surface area contributed by atoms with Crippen LogP contribution in [0.1, 0.15) is 6.42 Å². The molecule has 0 fully saturated rings. The second-order valence-corrected chi connectivity index (χ2v) is 2.43. The molecule has 0 amide bonds. The first-order valence-corrected chi connectivity index (χ1v) is 4.15. The summed E-state index contributed by atoms with van der Waals surface area (Å²) in [5.41, 5.74) is 0. The van der Waals surface area contributed by atoms with Crippen LogP contribution in [0.3, 0.4) is 0 Å². The van der Waals surface area contributed by atoms with Crippen molar-refractivity contribution in [1.29, 1.82) is 21.3 Å². The van der Waals surface area contributed by atoms with Crippen molar-refractivity contribution in [3.8, 4) is 12.4 Å². The van der Waals surface area contributed by atoms with E-state index in [0.29, 0.717) is 19.5 Å². The van der Waals surface area contributed by atoms with E-state index in [1.165, 1.54) is 0 Å². The largest absolute Gasteiger partial charge is 0.356 e. The van der Waals surface area contributed by atoms with Gasteiger partial charge in [-0.05, 0) is 6.42 Å². The summed E-state index contributed by atoms with van der Waals surface area (Å²) in [5.74, 6) is -0.106. The van der Waals surface area contributed by atoms with Gasteiger partial charge >= 0.3 is 0 Å². The molecule has 0 heterocycles. The van der Waals surface area contributed by atoms with E-state index >= 15 is 0 Å². The van der Waals surface area contributed by atoms with E-state index in [1.54, 1.807) is 12.4 Å². The second-order valence-electron chi connectivity index (χ2n) is 2.43. The number of guanidine groups is 2. The third kappa shape index (κ3) is 7.87. The van der Waals surface area contributed by atoms with Gasteiger partial charge in [-0.1, -0.05) is 0 Å². The molecule has 0 saturated carbocycles. The van der Waals surface area contributed by atoms with Gasteiger partial charge in [-0.3, -0.25) is 21.5 Å². The molecule has 0 bridgehead atoms. The van der Waals surface area contributed by atoms with Crippen LogP contribution >= 0.6 is 0 Å². The Labute approximate surface area is 87.3 Å². The van der Waals surface area contributed by atoms with Crippen molar-refractivity contribution < 1.29 is 0 Å². The van der Waals surface area contributed by atoms with Crippen LogP contribution in [-0.2, 0) is 0 Å². The van der Waals surface area contributed by atoms with Crippen LogP contribution < -0.4 is 21.3 Å². The predicted octanol–water partition coefficient (Wildman–Crippen LogP) is -1.43. The minimum Gasteiger partial charge on any atom is -0.356 e. The Morgan fingerprint density at radius 1 is 0.933 bits per heavy atom. The zero-order valence-electron chi connectivity index (χ0n) is 8.02. The van der Waals surface area contributed by atoms with Gasteiger partial charge in [0.25, 0.3) is 0 Å². The molecular formula is C7H12N8. The summed E-state index contributed by atoms with van der Waals surface area (Å²) in [4.78, 5) is 0. The van der Waals surface area contributed by atoms with Crippen LogP contribution in [0.4, 0.5) is 0 Å². The van der Waals surface area contributed by atoms with Crippen LogP contribution in [0.25, 0.3) is 0 Å². The quantitative estimate of drug-likeness (QED) is 0.110. The summed E-state index contributed by atoms with van der Waals surface area (Å²) in [6.07, 6.45) is 3.88. The van der Waals surface area contributed by atoms with E-state index in [-0.39, 0.29) is 11.9 Å². The summed E-state index contributed by atoms with van der Waals surface area (Å²) < 4.78 is 0. The average molecular weight is 208 g/mol. The first-order valence-electron chi connectivity index (χ1n) is 4.15. The van der Waals surface area contributed by atoms with Crippen LogP contribution in [0.15, 0.2) is 0 Å². The smallest absolute Gasteiger partial charge is 0.201 e. The molecule has 6 N–H and O–H groups in total. The molecule has 0 aliphatic heterocycles. The minimum absolute atomic E-state index is 0.0530. The Balaban J connectivity index is 3.33. The Kier molecular flexibility index (Phi) is 6.79. The van der Waals surface area contributed by atoms with Crippen LogP contribution in [0.2, 0.25) is 0 Å². The third-order valence-electron chi connectivity index (χ3n) is 1.32. The highest BCUT2D eigenvalue weighted by Gasteiger charge is 1.94. The van der Waals surface area contributed by atoms with E-state index in [0.717, 1.165) is 0 Å². The van der Waals surface area contributed by atoms with E-state index < -0.39 is 0 Å². The van der Waals surface area contributed by atoms with E-state index in [4.69, 9.17) is 21.3 Å². The Bertz CT molecular complexity index is 265. The van der Waals surface area contributed by atoms with Gasteiger partial charge in [0, 0.05) is 13.1 Å². The number of nitrogens with zero attached hydrogens (tertiary/aromatic N) is 2. The van der Waals surface area contributed by atoms with E-state index in [9.17, 15) is 0 Å². The maximum atomic E-state index is 8.15. The number of hydrogen-bond donors (Lipinski definition) is 6. The highest BCUT2D eigenvalue weighted by atomic mass is 15.1. The van der Waals surface area contributed by atoms with Crippen molar-refractivity contribution in [3.63, 3.8) is 0 Å². The summed E-state index contributed by atoms with van der Waals surface area (Å²) in [6.45, 7) is 1.00. The maximum Gasteiger partial charge on any atom is 0.201 e. The molecule has 0 radical (unpaired) electrons. The number of hydrogen-bond acceptors (Lipinski definition) is 4. The van der Waals surface area contributed by atoms with Gasteiger partial charge in [-0.25, -0.2) is 0 Å². The van der Waals surface area contributed by atoms with Gasteiger partial charge in [-0.15, -0.1) is 0 Å². The molecule has 0 aromatic carbocycles. The number of nitriles is 2. The van der Waals surface area contributed by atoms with Crippen LogP contribution in [0, 0.1) is 33.7 Å². The first-order chi connectivity index (χ1) is 7.20. The number of rotatable bonds is 4. The zero-order valence-corrected chi connectivity index (χ0v) is 8.02. The number of nitrogens with one attached hydrogen (secondary N) is 6. The van der Waals surface area contributed by atoms with Crippen molar-refractivity contribution in [3.05, 3.63) is 0 Å². The second kappa shape index (κ2) is 8.13. The van der Waals surface area contributed by atoms with Gasteiger partial charge in [0.2, 0.25) is 11.9 Å². The Hall–Kier alpha value is -2.48. The summed E-state index contributed by atoms with van der Waals surface area (Å²) >= 11 is 0. The van der Waals surface area contributed by atoms with E-state index in [2.05, 4.69) is 21.3 Å². The molecule has 0 spiro atoms. The van der Waals surface area contributed by atoms with Gasteiger partial charge in [0.05, 0.1) is 0 Å². The SMILES string of the molecule is N#CNC(=N)NCCCNC(=N)NC#N. The van der Waals surface area contributed by atoms with Crippen LogP contribution in [-0.4, -0.2) is 25.0 Å². The Morgan fingerprint density at radius 3 is 1.67 bits per heavy atom. The third-order valence-corrected chi connectivity index (χ3v) is 1.32. The normalized spacial score (nSPS) is 7.87. The van der Waals surface area contributed by atoms with Crippen molar-refractivity contribution >= 4 is 11.9 Å². The summed E-state index contributed by atoms with van der Waals surface area (Å²) in [7, 11) is 0. The van der Waals surface area contributed by atoms with Gasteiger partial charge < -0.3 is 10.6 Å². The molecule has 0 saturated heterocycles. The summed E-state index contributed by atoms with van der Waals surface area (Å²) in [6, 6.07) is 0. The van der Waals surface area contributed by atoms with Gasteiger partial charge in [0.1, 0.15) is 0 Å². The van der Waals surface area contributed by atoms with Crippen molar-refractivity contribution in [2.45, 2.75) is 6.42 Å². The molecule has 0 aromatic heterocycles. The predicted molar refractivity (Wildman–Crippen MR) is 53.6 cm³/mol. The fourth-order valence-electron chi connectivity index (χ4n) is 0.715. The molecule has 0 unspecified atom stereocenters. The van der Waals surface area contributed by atoms with Crippen molar-refractivity contribution in [2.75, 3.05) is 13.1 Å². The molecule has 0 aromatic rings. The monoisotopic (exact) mass is 208 g/mol. The van der Waals surface area contributed by atoms with Crippen LogP contribution in [0.5, 0.6) is 0 Å². The molecular weight excluding hydrogens is 196 g/mol. The molecule has 0 atom stereocenters. The Morgan fingerprint density at radius 2 is 1.33 bits per heavy atom. The lowest BCUT2D eigenvalue weighted by Gasteiger charge is -2.07.